The first-order valence-electron chi connectivity index (χ1n) is 7.26. The van der Waals surface area contributed by atoms with Crippen LogP contribution in [0.1, 0.15) is 51.4 Å². The van der Waals surface area contributed by atoms with Gasteiger partial charge in [-0.1, -0.05) is 58.0 Å². The molecule has 0 heterocycles. The Morgan fingerprint density at radius 2 is 1.79 bits per heavy atom. The van der Waals surface area contributed by atoms with Crippen molar-refractivity contribution in [1.82, 2.24) is 4.90 Å². The molecular weight excluding hydrogens is 234 g/mol. The number of carbonyl (C=O) groups is 1. The standard InChI is InChI=1S/C17H27NO/c1-6-14(3)18(7-2)13-17(4,5)16(19)15-11-9-8-10-12-15/h8-12,14H,6-7,13H2,1-5H3. The van der Waals surface area contributed by atoms with Gasteiger partial charge in [-0.2, -0.15) is 0 Å². The predicted molar refractivity (Wildman–Crippen MR) is 81.6 cm³/mol. The summed E-state index contributed by atoms with van der Waals surface area (Å²) < 4.78 is 0. The summed E-state index contributed by atoms with van der Waals surface area (Å²) in [6.07, 6.45) is 1.11. The molecule has 0 spiro atoms. The van der Waals surface area contributed by atoms with Crippen LogP contribution in [0.5, 0.6) is 0 Å². The van der Waals surface area contributed by atoms with Crippen LogP contribution < -0.4 is 0 Å². The van der Waals surface area contributed by atoms with Gasteiger partial charge in [0.2, 0.25) is 0 Å². The zero-order chi connectivity index (χ0) is 14.5. The van der Waals surface area contributed by atoms with Crippen LogP contribution in [-0.2, 0) is 0 Å². The normalized spacial score (nSPS) is 13.6. The highest BCUT2D eigenvalue weighted by Crippen LogP contribution is 2.24. The first-order valence-corrected chi connectivity index (χ1v) is 7.26. The van der Waals surface area contributed by atoms with E-state index in [-0.39, 0.29) is 11.2 Å². The van der Waals surface area contributed by atoms with Crippen LogP contribution in [0.15, 0.2) is 30.3 Å². The number of ketones is 1. The van der Waals surface area contributed by atoms with E-state index in [0.29, 0.717) is 6.04 Å². The Hall–Kier alpha value is -1.15. The molecule has 19 heavy (non-hydrogen) atoms. The molecular formula is C17H27NO. The Morgan fingerprint density at radius 1 is 1.21 bits per heavy atom. The molecule has 0 aliphatic rings. The van der Waals surface area contributed by atoms with E-state index in [1.165, 1.54) is 0 Å². The summed E-state index contributed by atoms with van der Waals surface area (Å²) in [5, 5.41) is 0. The summed E-state index contributed by atoms with van der Waals surface area (Å²) in [6.45, 7) is 12.5. The summed E-state index contributed by atoms with van der Waals surface area (Å²) in [5.41, 5.74) is 0.466. The van der Waals surface area contributed by atoms with Gasteiger partial charge in [0.1, 0.15) is 0 Å². The molecule has 0 saturated carbocycles. The van der Waals surface area contributed by atoms with Gasteiger partial charge >= 0.3 is 0 Å². The third kappa shape index (κ3) is 4.17. The summed E-state index contributed by atoms with van der Waals surface area (Å²) in [6, 6.07) is 10.1. The van der Waals surface area contributed by atoms with E-state index in [9.17, 15) is 4.79 Å². The van der Waals surface area contributed by atoms with Gasteiger partial charge in [0.15, 0.2) is 5.78 Å². The third-order valence-corrected chi connectivity index (χ3v) is 3.87. The minimum Gasteiger partial charge on any atom is -0.300 e. The smallest absolute Gasteiger partial charge is 0.169 e. The first kappa shape index (κ1) is 15.9. The molecule has 0 amide bonds. The van der Waals surface area contributed by atoms with Gasteiger partial charge in [-0.25, -0.2) is 0 Å². The zero-order valence-electron chi connectivity index (χ0n) is 12.9. The SMILES string of the molecule is CCC(C)N(CC)CC(C)(C)C(=O)c1ccccc1. The molecule has 0 aliphatic heterocycles. The van der Waals surface area contributed by atoms with E-state index in [1.807, 2.05) is 44.2 Å². The molecule has 1 unspecified atom stereocenters. The van der Waals surface area contributed by atoms with Crippen molar-refractivity contribution in [3.63, 3.8) is 0 Å². The van der Waals surface area contributed by atoms with Gasteiger partial charge in [-0.3, -0.25) is 9.69 Å². The number of hydrogen-bond donors (Lipinski definition) is 0. The summed E-state index contributed by atoms with van der Waals surface area (Å²) in [5.74, 6) is 0.231. The van der Waals surface area contributed by atoms with Crippen molar-refractivity contribution in [2.45, 2.75) is 47.1 Å². The van der Waals surface area contributed by atoms with E-state index in [4.69, 9.17) is 0 Å². The van der Waals surface area contributed by atoms with Crippen LogP contribution in [0.25, 0.3) is 0 Å². The van der Waals surface area contributed by atoms with Crippen molar-refractivity contribution >= 4 is 5.78 Å². The molecule has 2 heteroatoms. The highest BCUT2D eigenvalue weighted by molar-refractivity contribution is 6.00. The quantitative estimate of drug-likeness (QED) is 0.691. The lowest BCUT2D eigenvalue weighted by molar-refractivity contribution is 0.0727. The van der Waals surface area contributed by atoms with Gasteiger partial charge < -0.3 is 0 Å². The first-order chi connectivity index (χ1) is 8.92. The zero-order valence-corrected chi connectivity index (χ0v) is 12.9. The molecule has 1 rings (SSSR count). The molecule has 0 N–H and O–H groups in total. The maximum atomic E-state index is 12.6. The number of Topliss-reactive ketones (excluding diaryl/α,β-unsaturated/α-hetero) is 1. The van der Waals surface area contributed by atoms with Crippen molar-refractivity contribution in [1.29, 1.82) is 0 Å². The fraction of sp³-hybridized carbons (Fsp3) is 0.588. The second-order valence-electron chi connectivity index (χ2n) is 5.90. The van der Waals surface area contributed by atoms with E-state index in [2.05, 4.69) is 25.7 Å². The Labute approximate surface area is 117 Å². The van der Waals surface area contributed by atoms with Crippen LogP contribution >= 0.6 is 0 Å². The second kappa shape index (κ2) is 6.85. The van der Waals surface area contributed by atoms with E-state index in [1.54, 1.807) is 0 Å². The van der Waals surface area contributed by atoms with Crippen LogP contribution in [0.3, 0.4) is 0 Å². The summed E-state index contributed by atoms with van der Waals surface area (Å²) in [7, 11) is 0. The van der Waals surface area contributed by atoms with Crippen LogP contribution in [-0.4, -0.2) is 29.8 Å². The maximum Gasteiger partial charge on any atom is 0.169 e. The minimum absolute atomic E-state index is 0.231. The van der Waals surface area contributed by atoms with Gasteiger partial charge in [-0.05, 0) is 19.9 Å². The van der Waals surface area contributed by atoms with Gasteiger partial charge in [0, 0.05) is 23.6 Å². The molecule has 1 aromatic carbocycles. The molecule has 106 valence electrons. The number of rotatable bonds is 7. The lowest BCUT2D eigenvalue weighted by atomic mass is 9.83. The van der Waals surface area contributed by atoms with Crippen molar-refractivity contribution in [3.8, 4) is 0 Å². The van der Waals surface area contributed by atoms with Crippen molar-refractivity contribution in [2.24, 2.45) is 5.41 Å². The molecule has 0 aromatic heterocycles. The Bertz CT molecular complexity index is 397. The minimum atomic E-state index is -0.346. The van der Waals surface area contributed by atoms with Crippen LogP contribution in [0.4, 0.5) is 0 Å². The molecule has 0 fully saturated rings. The summed E-state index contributed by atoms with van der Waals surface area (Å²) >= 11 is 0. The highest BCUT2D eigenvalue weighted by Gasteiger charge is 2.31. The molecule has 0 radical (unpaired) electrons. The molecule has 2 nitrogen and oxygen atoms in total. The fourth-order valence-corrected chi connectivity index (χ4v) is 2.40. The van der Waals surface area contributed by atoms with E-state index < -0.39 is 0 Å². The van der Waals surface area contributed by atoms with Gasteiger partial charge in [-0.15, -0.1) is 0 Å². The van der Waals surface area contributed by atoms with Gasteiger partial charge in [0.05, 0.1) is 0 Å². The third-order valence-electron chi connectivity index (χ3n) is 3.87. The van der Waals surface area contributed by atoms with Crippen LogP contribution in [0.2, 0.25) is 0 Å². The maximum absolute atomic E-state index is 12.6. The highest BCUT2D eigenvalue weighted by atomic mass is 16.1. The monoisotopic (exact) mass is 261 g/mol. The average Bonchev–Trinajstić information content (AvgIpc) is 2.44. The largest absolute Gasteiger partial charge is 0.300 e. The Morgan fingerprint density at radius 3 is 2.26 bits per heavy atom. The lowest BCUT2D eigenvalue weighted by Crippen LogP contribution is -2.43. The number of hydrogen-bond acceptors (Lipinski definition) is 2. The molecule has 1 atom stereocenters. The van der Waals surface area contributed by atoms with Crippen LogP contribution in [0, 0.1) is 5.41 Å². The van der Waals surface area contributed by atoms with Crippen molar-refractivity contribution in [3.05, 3.63) is 35.9 Å². The van der Waals surface area contributed by atoms with Gasteiger partial charge in [0.25, 0.3) is 0 Å². The fourth-order valence-electron chi connectivity index (χ4n) is 2.40. The average molecular weight is 261 g/mol. The topological polar surface area (TPSA) is 20.3 Å². The second-order valence-corrected chi connectivity index (χ2v) is 5.90. The lowest BCUT2D eigenvalue weighted by Gasteiger charge is -2.34. The van der Waals surface area contributed by atoms with E-state index >= 15 is 0 Å². The van der Waals surface area contributed by atoms with Crippen molar-refractivity contribution in [2.75, 3.05) is 13.1 Å². The van der Waals surface area contributed by atoms with E-state index in [0.717, 1.165) is 25.1 Å². The Kier molecular flexibility index (Phi) is 5.74. The summed E-state index contributed by atoms with van der Waals surface area (Å²) in [4.78, 5) is 15.0. The molecule has 0 saturated heterocycles. The number of benzene rings is 1. The number of carbonyl (C=O) groups excluding carboxylic acids is 1. The predicted octanol–water partition coefficient (Wildman–Crippen LogP) is 4.02. The molecule has 0 bridgehead atoms. The van der Waals surface area contributed by atoms with Crippen molar-refractivity contribution < 1.29 is 4.79 Å². The number of nitrogens with zero attached hydrogens (tertiary/aromatic N) is 1. The molecule has 0 aliphatic carbocycles. The Balaban J connectivity index is 2.82. The molecule has 1 aromatic rings.